The molecule has 0 aliphatic carbocycles. The Bertz CT molecular complexity index is 1150. The zero-order valence-electron chi connectivity index (χ0n) is 21.4. The molecule has 0 radical (unpaired) electrons. The molecule has 0 saturated carbocycles. The number of ether oxygens (including phenoxy) is 2. The van der Waals surface area contributed by atoms with Crippen molar-refractivity contribution in [3.05, 3.63) is 53.6 Å². The Balaban J connectivity index is 2.50. The second kappa shape index (κ2) is 11.9. The fourth-order valence-electron chi connectivity index (χ4n) is 3.55. The van der Waals surface area contributed by atoms with Crippen LogP contribution in [0, 0.1) is 6.92 Å². The Kier molecular flexibility index (Phi) is 9.53. The lowest BCUT2D eigenvalue weighted by molar-refractivity contribution is -0.139. The SMILES string of the molecule is COc1ccc(OC)c(N(CC(=O)N(Cc2ccccc2C)C(C)C(=O)NC(C)C)S(C)(=O)=O)c1. The van der Waals surface area contributed by atoms with Gasteiger partial charge < -0.3 is 19.7 Å². The molecule has 0 aliphatic rings. The van der Waals surface area contributed by atoms with E-state index in [2.05, 4.69) is 5.32 Å². The van der Waals surface area contributed by atoms with Crippen LogP contribution in [-0.4, -0.2) is 64.2 Å². The van der Waals surface area contributed by atoms with Crippen molar-refractivity contribution >= 4 is 27.5 Å². The van der Waals surface area contributed by atoms with Crippen molar-refractivity contribution in [3.63, 3.8) is 0 Å². The number of methoxy groups -OCH3 is 2. The third-order valence-electron chi connectivity index (χ3n) is 5.53. The number of benzene rings is 2. The Hall–Kier alpha value is -3.27. The van der Waals surface area contributed by atoms with Gasteiger partial charge in [0.2, 0.25) is 21.8 Å². The van der Waals surface area contributed by atoms with Gasteiger partial charge in [-0.3, -0.25) is 13.9 Å². The summed E-state index contributed by atoms with van der Waals surface area (Å²) in [6, 6.07) is 11.3. The molecule has 2 amide bonds. The van der Waals surface area contributed by atoms with Gasteiger partial charge >= 0.3 is 0 Å². The maximum Gasteiger partial charge on any atom is 0.244 e. The van der Waals surface area contributed by atoms with E-state index in [0.717, 1.165) is 21.7 Å². The molecule has 1 unspecified atom stereocenters. The van der Waals surface area contributed by atoms with Crippen molar-refractivity contribution in [1.29, 1.82) is 0 Å². The minimum atomic E-state index is -3.90. The molecule has 0 fully saturated rings. The topological polar surface area (TPSA) is 105 Å². The smallest absolute Gasteiger partial charge is 0.244 e. The van der Waals surface area contributed by atoms with Gasteiger partial charge in [0.1, 0.15) is 24.1 Å². The molecule has 0 heterocycles. The molecule has 0 bridgehead atoms. The average Bonchev–Trinajstić information content (AvgIpc) is 2.79. The number of nitrogens with zero attached hydrogens (tertiary/aromatic N) is 2. The molecule has 2 aromatic carbocycles. The standard InChI is InChI=1S/C25H35N3O6S/c1-17(2)26-25(30)19(4)27(15-20-11-9-8-10-18(20)3)24(29)16-28(35(7,31)32)22-14-21(33-5)12-13-23(22)34-6/h8-14,17,19H,15-16H2,1-7H3,(H,26,30). The summed E-state index contributed by atoms with van der Waals surface area (Å²) in [7, 11) is -1.03. The van der Waals surface area contributed by atoms with Gasteiger partial charge in [0.05, 0.1) is 26.2 Å². The molecular formula is C25H35N3O6S. The van der Waals surface area contributed by atoms with E-state index in [1.54, 1.807) is 19.1 Å². The summed E-state index contributed by atoms with van der Waals surface area (Å²) in [5.41, 5.74) is 1.98. The lowest BCUT2D eigenvalue weighted by Crippen LogP contribution is -2.52. The first-order valence-electron chi connectivity index (χ1n) is 11.2. The Morgan fingerprint density at radius 3 is 2.23 bits per heavy atom. The minimum Gasteiger partial charge on any atom is -0.497 e. The lowest BCUT2D eigenvalue weighted by atomic mass is 10.1. The predicted molar refractivity (Wildman–Crippen MR) is 136 cm³/mol. The molecule has 0 aromatic heterocycles. The van der Waals surface area contributed by atoms with Crippen LogP contribution in [0.15, 0.2) is 42.5 Å². The van der Waals surface area contributed by atoms with Crippen LogP contribution in [0.2, 0.25) is 0 Å². The molecular weight excluding hydrogens is 470 g/mol. The van der Waals surface area contributed by atoms with Crippen LogP contribution in [0.5, 0.6) is 11.5 Å². The molecule has 0 aliphatic heterocycles. The second-order valence-electron chi connectivity index (χ2n) is 8.59. The van der Waals surface area contributed by atoms with Gasteiger partial charge in [-0.15, -0.1) is 0 Å². The molecule has 2 aromatic rings. The van der Waals surface area contributed by atoms with E-state index in [4.69, 9.17) is 9.47 Å². The third-order valence-corrected chi connectivity index (χ3v) is 6.66. The minimum absolute atomic E-state index is 0.117. The number of carbonyl (C=O) groups excluding carboxylic acids is 2. The van der Waals surface area contributed by atoms with Gasteiger partial charge in [0.15, 0.2) is 0 Å². The maximum absolute atomic E-state index is 13.6. The fourth-order valence-corrected chi connectivity index (χ4v) is 4.39. The van der Waals surface area contributed by atoms with E-state index in [-0.39, 0.29) is 29.9 Å². The lowest BCUT2D eigenvalue weighted by Gasteiger charge is -2.32. The molecule has 0 spiro atoms. The van der Waals surface area contributed by atoms with E-state index in [9.17, 15) is 18.0 Å². The van der Waals surface area contributed by atoms with Gasteiger partial charge in [0.25, 0.3) is 0 Å². The van der Waals surface area contributed by atoms with Crippen molar-refractivity contribution in [1.82, 2.24) is 10.2 Å². The van der Waals surface area contributed by atoms with Crippen LogP contribution in [-0.2, 0) is 26.2 Å². The Morgan fingerprint density at radius 2 is 1.69 bits per heavy atom. The van der Waals surface area contributed by atoms with Gasteiger partial charge in [-0.05, 0) is 51.0 Å². The number of amides is 2. The third kappa shape index (κ3) is 7.35. The molecule has 0 saturated heterocycles. The number of nitrogens with one attached hydrogen (secondary N) is 1. The van der Waals surface area contributed by atoms with Gasteiger partial charge in [-0.1, -0.05) is 24.3 Å². The monoisotopic (exact) mass is 505 g/mol. The van der Waals surface area contributed by atoms with Crippen molar-refractivity contribution in [2.24, 2.45) is 0 Å². The van der Waals surface area contributed by atoms with Gasteiger partial charge in [-0.2, -0.15) is 0 Å². The highest BCUT2D eigenvalue weighted by Crippen LogP contribution is 2.34. The van der Waals surface area contributed by atoms with E-state index < -0.39 is 28.5 Å². The molecule has 1 N–H and O–H groups in total. The van der Waals surface area contributed by atoms with Crippen LogP contribution >= 0.6 is 0 Å². The second-order valence-corrected chi connectivity index (χ2v) is 10.5. The van der Waals surface area contributed by atoms with Crippen molar-refractivity contribution in [3.8, 4) is 11.5 Å². The average molecular weight is 506 g/mol. The molecule has 9 nitrogen and oxygen atoms in total. The largest absolute Gasteiger partial charge is 0.497 e. The summed E-state index contributed by atoms with van der Waals surface area (Å²) in [5.74, 6) is -0.190. The number of rotatable bonds is 11. The van der Waals surface area contributed by atoms with Crippen LogP contribution in [0.25, 0.3) is 0 Å². The molecule has 192 valence electrons. The van der Waals surface area contributed by atoms with E-state index in [0.29, 0.717) is 5.75 Å². The number of hydrogen-bond donors (Lipinski definition) is 1. The van der Waals surface area contributed by atoms with Crippen LogP contribution in [0.4, 0.5) is 5.69 Å². The molecule has 1 atom stereocenters. The number of hydrogen-bond acceptors (Lipinski definition) is 6. The summed E-state index contributed by atoms with van der Waals surface area (Å²) in [5, 5.41) is 2.83. The first-order valence-corrected chi connectivity index (χ1v) is 13.1. The summed E-state index contributed by atoms with van der Waals surface area (Å²) >= 11 is 0. The Morgan fingerprint density at radius 1 is 1.03 bits per heavy atom. The Labute approximate surface area is 208 Å². The first-order chi connectivity index (χ1) is 16.4. The fraction of sp³-hybridized carbons (Fsp3) is 0.440. The number of sulfonamides is 1. The molecule has 10 heteroatoms. The predicted octanol–water partition coefficient (Wildman–Crippen LogP) is 2.72. The summed E-state index contributed by atoms with van der Waals surface area (Å²) in [4.78, 5) is 27.9. The zero-order valence-corrected chi connectivity index (χ0v) is 22.2. The first kappa shape index (κ1) is 28.0. The van der Waals surface area contributed by atoms with Gasteiger partial charge in [-0.25, -0.2) is 8.42 Å². The van der Waals surface area contributed by atoms with Crippen LogP contribution in [0.3, 0.4) is 0 Å². The number of aryl methyl sites for hydroxylation is 1. The normalized spacial score (nSPS) is 12.1. The maximum atomic E-state index is 13.6. The highest BCUT2D eigenvalue weighted by molar-refractivity contribution is 7.92. The van der Waals surface area contributed by atoms with Gasteiger partial charge in [0, 0.05) is 18.7 Å². The number of anilines is 1. The number of carbonyl (C=O) groups is 2. The quantitative estimate of drug-likeness (QED) is 0.504. The molecule has 2 rings (SSSR count). The zero-order chi connectivity index (χ0) is 26.3. The van der Waals surface area contributed by atoms with Crippen molar-refractivity contribution in [2.45, 2.75) is 46.3 Å². The van der Waals surface area contributed by atoms with Crippen molar-refractivity contribution < 1.29 is 27.5 Å². The van der Waals surface area contributed by atoms with Crippen molar-refractivity contribution in [2.75, 3.05) is 31.3 Å². The summed E-state index contributed by atoms with van der Waals surface area (Å²) in [6.45, 7) is 6.83. The van der Waals surface area contributed by atoms with E-state index >= 15 is 0 Å². The van der Waals surface area contributed by atoms with Crippen LogP contribution < -0.4 is 19.1 Å². The van der Waals surface area contributed by atoms with Crippen LogP contribution in [0.1, 0.15) is 31.9 Å². The highest BCUT2D eigenvalue weighted by Gasteiger charge is 2.31. The summed E-state index contributed by atoms with van der Waals surface area (Å²) in [6.07, 6.45) is 1.01. The van der Waals surface area contributed by atoms with E-state index in [1.807, 2.05) is 45.0 Å². The van der Waals surface area contributed by atoms with E-state index in [1.165, 1.54) is 25.2 Å². The molecule has 35 heavy (non-hydrogen) atoms. The highest BCUT2D eigenvalue weighted by atomic mass is 32.2. The summed E-state index contributed by atoms with van der Waals surface area (Å²) < 4.78 is 37.2.